The van der Waals surface area contributed by atoms with Crippen molar-refractivity contribution in [2.75, 3.05) is 24.4 Å². The van der Waals surface area contributed by atoms with Gasteiger partial charge in [-0.15, -0.1) is 0 Å². The highest BCUT2D eigenvalue weighted by molar-refractivity contribution is 6.11. The summed E-state index contributed by atoms with van der Waals surface area (Å²) < 4.78 is 10.7. The summed E-state index contributed by atoms with van der Waals surface area (Å²) in [5.74, 6) is 1.18. The van der Waals surface area contributed by atoms with E-state index >= 15 is 0 Å². The van der Waals surface area contributed by atoms with Crippen molar-refractivity contribution in [2.24, 2.45) is 0 Å². The summed E-state index contributed by atoms with van der Waals surface area (Å²) >= 11 is 0. The van der Waals surface area contributed by atoms with Gasteiger partial charge in [-0.2, -0.15) is 0 Å². The number of anilines is 2. The standard InChI is InChI=1S/C22H21N3O3/c1-14-6-9-16(10-7-14)25-21(20-17(22(25)26)5-4-12-23-20)24-15-8-11-18(27-2)19(13-15)28-3/h4-13,21,24H,1-3H3/t21-/m1/s1. The van der Waals surface area contributed by atoms with E-state index in [2.05, 4.69) is 10.3 Å². The van der Waals surface area contributed by atoms with E-state index in [1.165, 1.54) is 0 Å². The molecule has 0 aliphatic carbocycles. The smallest absolute Gasteiger partial charge is 0.262 e. The normalized spacial score (nSPS) is 15.3. The number of ether oxygens (including phenoxy) is 2. The average molecular weight is 375 g/mol. The Balaban J connectivity index is 1.75. The second kappa shape index (κ2) is 7.23. The molecule has 0 unspecified atom stereocenters. The van der Waals surface area contributed by atoms with Gasteiger partial charge in [0.2, 0.25) is 0 Å². The minimum Gasteiger partial charge on any atom is -0.493 e. The molecule has 0 radical (unpaired) electrons. The summed E-state index contributed by atoms with van der Waals surface area (Å²) in [4.78, 5) is 19.3. The molecule has 2 aromatic carbocycles. The van der Waals surface area contributed by atoms with Gasteiger partial charge < -0.3 is 14.8 Å². The Hall–Kier alpha value is -3.54. The van der Waals surface area contributed by atoms with Gasteiger partial charge in [0.05, 0.1) is 25.5 Å². The number of fused-ring (bicyclic) bond motifs is 1. The molecule has 2 heterocycles. The molecule has 0 saturated heterocycles. The van der Waals surface area contributed by atoms with Crippen molar-refractivity contribution in [2.45, 2.75) is 13.1 Å². The number of pyridine rings is 1. The molecule has 0 saturated carbocycles. The first-order chi connectivity index (χ1) is 13.6. The zero-order chi connectivity index (χ0) is 19.7. The summed E-state index contributed by atoms with van der Waals surface area (Å²) in [6.07, 6.45) is 1.28. The molecule has 0 fully saturated rings. The SMILES string of the molecule is COc1ccc(N[C@H]2c3ncccc3C(=O)N2c2ccc(C)cc2)cc1OC. The second-order valence-electron chi connectivity index (χ2n) is 6.56. The molecule has 6 nitrogen and oxygen atoms in total. The number of amides is 1. The predicted molar refractivity (Wildman–Crippen MR) is 108 cm³/mol. The molecule has 142 valence electrons. The van der Waals surface area contributed by atoms with Crippen molar-refractivity contribution < 1.29 is 14.3 Å². The lowest BCUT2D eigenvalue weighted by Crippen LogP contribution is -2.32. The van der Waals surface area contributed by atoms with Gasteiger partial charge in [-0.05, 0) is 43.3 Å². The quantitative estimate of drug-likeness (QED) is 0.725. The maximum absolute atomic E-state index is 13.1. The molecule has 1 amide bonds. The third-order valence-corrected chi connectivity index (χ3v) is 4.80. The molecule has 1 N–H and O–H groups in total. The van der Waals surface area contributed by atoms with Crippen LogP contribution in [0, 0.1) is 6.92 Å². The van der Waals surface area contributed by atoms with Crippen LogP contribution in [0.4, 0.5) is 11.4 Å². The zero-order valence-corrected chi connectivity index (χ0v) is 16.0. The highest BCUT2D eigenvalue weighted by Gasteiger charge is 2.39. The lowest BCUT2D eigenvalue weighted by molar-refractivity contribution is 0.0993. The van der Waals surface area contributed by atoms with Crippen LogP contribution in [0.5, 0.6) is 11.5 Å². The van der Waals surface area contributed by atoms with Gasteiger partial charge in [-0.1, -0.05) is 17.7 Å². The first kappa shape index (κ1) is 17.9. The molecule has 1 aromatic heterocycles. The fraction of sp³-hybridized carbons (Fsp3) is 0.182. The summed E-state index contributed by atoms with van der Waals surface area (Å²) in [7, 11) is 3.19. The van der Waals surface area contributed by atoms with Crippen LogP contribution in [-0.2, 0) is 0 Å². The molecule has 1 aliphatic heterocycles. The Morgan fingerprint density at radius 2 is 1.75 bits per heavy atom. The van der Waals surface area contributed by atoms with E-state index in [1.54, 1.807) is 31.4 Å². The Morgan fingerprint density at radius 1 is 1.00 bits per heavy atom. The van der Waals surface area contributed by atoms with E-state index in [1.807, 2.05) is 55.5 Å². The van der Waals surface area contributed by atoms with Gasteiger partial charge in [-0.25, -0.2) is 0 Å². The predicted octanol–water partition coefficient (Wildman–Crippen LogP) is 4.18. The molecular formula is C22H21N3O3. The zero-order valence-electron chi connectivity index (χ0n) is 16.0. The average Bonchev–Trinajstić information content (AvgIpc) is 3.00. The van der Waals surface area contributed by atoms with Crippen molar-refractivity contribution in [3.8, 4) is 11.5 Å². The number of hydrogen-bond donors (Lipinski definition) is 1. The lowest BCUT2D eigenvalue weighted by atomic mass is 10.2. The number of carbonyl (C=O) groups excluding carboxylic acids is 1. The topological polar surface area (TPSA) is 63.7 Å². The highest BCUT2D eigenvalue weighted by atomic mass is 16.5. The monoisotopic (exact) mass is 375 g/mol. The van der Waals surface area contributed by atoms with Crippen molar-refractivity contribution in [3.05, 3.63) is 77.6 Å². The van der Waals surface area contributed by atoms with Crippen LogP contribution in [0.15, 0.2) is 60.8 Å². The van der Waals surface area contributed by atoms with Gasteiger partial charge in [0.25, 0.3) is 5.91 Å². The maximum atomic E-state index is 13.1. The molecule has 4 rings (SSSR count). The molecule has 0 spiro atoms. The van der Waals surface area contributed by atoms with Crippen molar-refractivity contribution >= 4 is 17.3 Å². The number of nitrogens with zero attached hydrogens (tertiary/aromatic N) is 2. The Morgan fingerprint density at radius 3 is 2.46 bits per heavy atom. The van der Waals surface area contributed by atoms with Crippen LogP contribution < -0.4 is 19.7 Å². The number of methoxy groups -OCH3 is 2. The molecule has 6 heteroatoms. The van der Waals surface area contributed by atoms with Crippen LogP contribution in [0.2, 0.25) is 0 Å². The van der Waals surface area contributed by atoms with E-state index in [0.717, 1.165) is 16.9 Å². The van der Waals surface area contributed by atoms with E-state index < -0.39 is 6.17 Å². The molecule has 0 bridgehead atoms. The maximum Gasteiger partial charge on any atom is 0.262 e. The second-order valence-corrected chi connectivity index (χ2v) is 6.56. The van der Waals surface area contributed by atoms with E-state index in [9.17, 15) is 4.79 Å². The molecule has 1 aliphatic rings. The van der Waals surface area contributed by atoms with Gasteiger partial charge in [-0.3, -0.25) is 14.7 Å². The third-order valence-electron chi connectivity index (χ3n) is 4.80. The van der Waals surface area contributed by atoms with E-state index in [0.29, 0.717) is 22.8 Å². The fourth-order valence-corrected chi connectivity index (χ4v) is 3.37. The van der Waals surface area contributed by atoms with Crippen molar-refractivity contribution in [3.63, 3.8) is 0 Å². The summed E-state index contributed by atoms with van der Waals surface area (Å²) in [6.45, 7) is 2.02. The van der Waals surface area contributed by atoms with Crippen LogP contribution in [0.3, 0.4) is 0 Å². The summed E-state index contributed by atoms with van der Waals surface area (Å²) in [5.41, 5.74) is 4.04. The first-order valence-corrected chi connectivity index (χ1v) is 8.96. The van der Waals surface area contributed by atoms with Crippen LogP contribution in [0.25, 0.3) is 0 Å². The van der Waals surface area contributed by atoms with E-state index in [-0.39, 0.29) is 5.91 Å². The molecule has 1 atom stereocenters. The van der Waals surface area contributed by atoms with Crippen molar-refractivity contribution in [1.29, 1.82) is 0 Å². The van der Waals surface area contributed by atoms with Crippen LogP contribution in [0.1, 0.15) is 27.8 Å². The molecular weight excluding hydrogens is 354 g/mol. The Labute approximate surface area is 163 Å². The lowest BCUT2D eigenvalue weighted by Gasteiger charge is -2.27. The van der Waals surface area contributed by atoms with Gasteiger partial charge in [0.15, 0.2) is 17.7 Å². The summed E-state index contributed by atoms with van der Waals surface area (Å²) in [6, 6.07) is 17.0. The van der Waals surface area contributed by atoms with Crippen LogP contribution in [-0.4, -0.2) is 25.1 Å². The molecule has 28 heavy (non-hydrogen) atoms. The van der Waals surface area contributed by atoms with Gasteiger partial charge in [0.1, 0.15) is 0 Å². The number of nitrogens with one attached hydrogen (secondary N) is 1. The van der Waals surface area contributed by atoms with E-state index in [4.69, 9.17) is 9.47 Å². The minimum atomic E-state index is -0.426. The number of hydrogen-bond acceptors (Lipinski definition) is 5. The molecule has 3 aromatic rings. The first-order valence-electron chi connectivity index (χ1n) is 8.96. The number of rotatable bonds is 5. The highest BCUT2D eigenvalue weighted by Crippen LogP contribution is 2.38. The van der Waals surface area contributed by atoms with Crippen molar-refractivity contribution in [1.82, 2.24) is 4.98 Å². The largest absolute Gasteiger partial charge is 0.493 e. The fourth-order valence-electron chi connectivity index (χ4n) is 3.37. The van der Waals surface area contributed by atoms with Gasteiger partial charge in [0, 0.05) is 23.6 Å². The number of aromatic nitrogens is 1. The van der Waals surface area contributed by atoms with Crippen LogP contribution >= 0.6 is 0 Å². The summed E-state index contributed by atoms with van der Waals surface area (Å²) in [5, 5.41) is 3.42. The Bertz CT molecular complexity index is 1020. The Kier molecular flexibility index (Phi) is 4.61. The number of aryl methyl sites for hydroxylation is 1. The number of benzene rings is 2. The third kappa shape index (κ3) is 3.03. The van der Waals surface area contributed by atoms with Gasteiger partial charge >= 0.3 is 0 Å². The number of carbonyl (C=O) groups is 1. The minimum absolute atomic E-state index is 0.0788.